The van der Waals surface area contributed by atoms with Gasteiger partial charge < -0.3 is 15.4 Å². The number of hydrogen-bond donors (Lipinski definition) is 1. The van der Waals surface area contributed by atoms with E-state index < -0.39 is 0 Å². The van der Waals surface area contributed by atoms with Gasteiger partial charge in [-0.25, -0.2) is 0 Å². The average molecular weight is 277 g/mol. The van der Waals surface area contributed by atoms with Crippen LogP contribution < -0.4 is 5.73 Å². The molecular weight excluding hydrogens is 252 g/mol. The Bertz CT molecular complexity index is 291. The van der Waals surface area contributed by atoms with Crippen molar-refractivity contribution in [3.05, 3.63) is 0 Å². The molecule has 106 valence electrons. The molecule has 1 amide bonds. The van der Waals surface area contributed by atoms with Gasteiger partial charge in [0.05, 0.1) is 5.92 Å². The quantitative estimate of drug-likeness (QED) is 0.830. The van der Waals surface area contributed by atoms with E-state index in [0.717, 1.165) is 45.6 Å². The third-order valence-corrected chi connectivity index (χ3v) is 4.48. The predicted molar refractivity (Wildman–Crippen MR) is 73.7 cm³/mol. The first-order valence-electron chi connectivity index (χ1n) is 6.66. The Labute approximate surface area is 116 Å². The minimum atomic E-state index is -0.0648. The lowest BCUT2D eigenvalue weighted by atomic mass is 9.80. The van der Waals surface area contributed by atoms with E-state index in [1.54, 1.807) is 0 Å². The lowest BCUT2D eigenvalue weighted by Crippen LogP contribution is -2.42. The summed E-state index contributed by atoms with van der Waals surface area (Å²) in [6, 6.07) is -0.0614. The number of hydrogen-bond acceptors (Lipinski definition) is 3. The monoisotopic (exact) mass is 276 g/mol. The van der Waals surface area contributed by atoms with Crippen molar-refractivity contribution >= 4 is 18.3 Å². The van der Waals surface area contributed by atoms with E-state index in [4.69, 9.17) is 10.5 Å². The van der Waals surface area contributed by atoms with E-state index in [0.29, 0.717) is 5.41 Å². The van der Waals surface area contributed by atoms with Crippen LogP contribution in [0.25, 0.3) is 0 Å². The summed E-state index contributed by atoms with van der Waals surface area (Å²) in [6.07, 6.45) is 3.33. The number of ether oxygens (including phenoxy) is 1. The maximum atomic E-state index is 12.2. The summed E-state index contributed by atoms with van der Waals surface area (Å²) >= 11 is 0. The molecule has 0 aromatic carbocycles. The number of nitrogens with zero attached hydrogens (tertiary/aromatic N) is 1. The van der Waals surface area contributed by atoms with Gasteiger partial charge in [-0.3, -0.25) is 4.79 Å². The highest BCUT2D eigenvalue weighted by molar-refractivity contribution is 5.85. The van der Waals surface area contributed by atoms with Crippen LogP contribution in [0.4, 0.5) is 0 Å². The Morgan fingerprint density at radius 2 is 1.89 bits per heavy atom. The van der Waals surface area contributed by atoms with E-state index in [1.165, 1.54) is 0 Å². The number of carbonyl (C=O) groups excluding carboxylic acids is 1. The summed E-state index contributed by atoms with van der Waals surface area (Å²) in [4.78, 5) is 14.2. The van der Waals surface area contributed by atoms with Crippen molar-refractivity contribution in [2.24, 2.45) is 17.1 Å². The van der Waals surface area contributed by atoms with Crippen LogP contribution in [0.1, 0.15) is 33.1 Å². The smallest absolute Gasteiger partial charge is 0.226 e. The van der Waals surface area contributed by atoms with Crippen LogP contribution in [0.2, 0.25) is 0 Å². The fourth-order valence-corrected chi connectivity index (χ4v) is 2.85. The van der Waals surface area contributed by atoms with Gasteiger partial charge in [-0.05, 0) is 31.6 Å². The molecule has 0 radical (unpaired) electrons. The topological polar surface area (TPSA) is 55.6 Å². The molecule has 2 heterocycles. The van der Waals surface area contributed by atoms with Crippen LogP contribution in [0.5, 0.6) is 0 Å². The molecule has 0 saturated carbocycles. The SMILES string of the molecule is CC(N)C(C)C(=O)N1CCC2(CCOCC2)C1.Cl. The normalized spacial score (nSPS) is 25.6. The second-order valence-corrected chi connectivity index (χ2v) is 5.77. The Kier molecular flexibility index (Phi) is 5.44. The van der Waals surface area contributed by atoms with Crippen LogP contribution >= 0.6 is 12.4 Å². The molecule has 2 aliphatic heterocycles. The average Bonchev–Trinajstić information content (AvgIpc) is 2.72. The lowest BCUT2D eigenvalue weighted by molar-refractivity contribution is -0.135. The molecule has 0 aromatic rings. The van der Waals surface area contributed by atoms with Gasteiger partial charge in [0.2, 0.25) is 5.91 Å². The van der Waals surface area contributed by atoms with Gasteiger partial charge in [-0.1, -0.05) is 6.92 Å². The number of carbonyl (C=O) groups is 1. The molecule has 18 heavy (non-hydrogen) atoms. The maximum absolute atomic E-state index is 12.2. The molecule has 2 N–H and O–H groups in total. The summed E-state index contributed by atoms with van der Waals surface area (Å²) in [7, 11) is 0. The van der Waals surface area contributed by atoms with E-state index in [1.807, 2.05) is 18.7 Å². The fourth-order valence-electron chi connectivity index (χ4n) is 2.85. The van der Waals surface area contributed by atoms with Crippen LogP contribution in [-0.2, 0) is 9.53 Å². The molecule has 2 atom stereocenters. The summed E-state index contributed by atoms with van der Waals surface area (Å²) in [5.41, 5.74) is 6.15. The largest absolute Gasteiger partial charge is 0.381 e. The number of amides is 1. The highest BCUT2D eigenvalue weighted by Crippen LogP contribution is 2.40. The van der Waals surface area contributed by atoms with E-state index >= 15 is 0 Å². The zero-order valence-electron chi connectivity index (χ0n) is 11.4. The Morgan fingerprint density at radius 1 is 1.28 bits per heavy atom. The van der Waals surface area contributed by atoms with E-state index in [-0.39, 0.29) is 30.3 Å². The zero-order valence-corrected chi connectivity index (χ0v) is 12.2. The summed E-state index contributed by atoms with van der Waals surface area (Å²) < 4.78 is 5.41. The second kappa shape index (κ2) is 6.22. The summed E-state index contributed by atoms with van der Waals surface area (Å²) in [6.45, 7) is 7.35. The van der Waals surface area contributed by atoms with Crippen LogP contribution in [0.3, 0.4) is 0 Å². The van der Waals surface area contributed by atoms with Gasteiger partial charge >= 0.3 is 0 Å². The summed E-state index contributed by atoms with van der Waals surface area (Å²) in [5, 5.41) is 0. The molecule has 2 fully saturated rings. The van der Waals surface area contributed by atoms with Gasteiger partial charge in [0.15, 0.2) is 0 Å². The van der Waals surface area contributed by atoms with Gasteiger partial charge in [0.25, 0.3) is 0 Å². The molecule has 2 aliphatic rings. The van der Waals surface area contributed by atoms with Crippen molar-refractivity contribution in [3.63, 3.8) is 0 Å². The van der Waals surface area contributed by atoms with Crippen LogP contribution in [0, 0.1) is 11.3 Å². The van der Waals surface area contributed by atoms with Crippen molar-refractivity contribution in [3.8, 4) is 0 Å². The van der Waals surface area contributed by atoms with Gasteiger partial charge in [-0.15, -0.1) is 12.4 Å². The molecule has 5 heteroatoms. The summed E-state index contributed by atoms with van der Waals surface area (Å²) in [5.74, 6) is 0.161. The van der Waals surface area contributed by atoms with Gasteiger partial charge in [-0.2, -0.15) is 0 Å². The molecular formula is C13H25ClN2O2. The first-order chi connectivity index (χ1) is 8.04. The van der Waals surface area contributed by atoms with Crippen molar-refractivity contribution in [1.82, 2.24) is 4.90 Å². The third kappa shape index (κ3) is 3.16. The number of likely N-dealkylation sites (tertiary alicyclic amines) is 1. The van der Waals surface area contributed by atoms with Gasteiger partial charge in [0.1, 0.15) is 0 Å². The number of rotatable bonds is 2. The molecule has 2 saturated heterocycles. The Hall–Kier alpha value is -0.320. The molecule has 0 aromatic heterocycles. The zero-order chi connectivity index (χ0) is 12.5. The maximum Gasteiger partial charge on any atom is 0.226 e. The lowest BCUT2D eigenvalue weighted by Gasteiger charge is -2.33. The second-order valence-electron chi connectivity index (χ2n) is 5.77. The van der Waals surface area contributed by atoms with Crippen LogP contribution in [0.15, 0.2) is 0 Å². The Balaban J connectivity index is 0.00000162. The van der Waals surface area contributed by atoms with Crippen molar-refractivity contribution in [2.45, 2.75) is 39.2 Å². The van der Waals surface area contributed by atoms with Crippen LogP contribution in [-0.4, -0.2) is 43.2 Å². The van der Waals surface area contributed by atoms with Crippen molar-refractivity contribution < 1.29 is 9.53 Å². The first kappa shape index (κ1) is 15.7. The minimum Gasteiger partial charge on any atom is -0.381 e. The van der Waals surface area contributed by atoms with Crippen molar-refractivity contribution in [2.75, 3.05) is 26.3 Å². The van der Waals surface area contributed by atoms with Crippen molar-refractivity contribution in [1.29, 1.82) is 0 Å². The Morgan fingerprint density at radius 3 is 2.44 bits per heavy atom. The fraction of sp³-hybridized carbons (Fsp3) is 0.923. The predicted octanol–water partition coefficient (Wildman–Crippen LogP) is 1.42. The highest BCUT2D eigenvalue weighted by Gasteiger charge is 2.41. The number of halogens is 1. The molecule has 2 unspecified atom stereocenters. The first-order valence-corrected chi connectivity index (χ1v) is 6.66. The molecule has 0 aliphatic carbocycles. The molecule has 4 nitrogen and oxygen atoms in total. The third-order valence-electron chi connectivity index (χ3n) is 4.48. The van der Waals surface area contributed by atoms with E-state index in [9.17, 15) is 4.79 Å². The standard InChI is InChI=1S/C13H24N2O2.ClH/c1-10(11(2)14)12(16)15-6-3-13(9-15)4-7-17-8-5-13;/h10-11H,3-9,14H2,1-2H3;1H. The molecule has 0 bridgehead atoms. The molecule has 2 rings (SSSR count). The van der Waals surface area contributed by atoms with E-state index in [2.05, 4.69) is 0 Å². The highest BCUT2D eigenvalue weighted by atomic mass is 35.5. The minimum absolute atomic E-state index is 0. The molecule has 1 spiro atoms. The number of nitrogens with two attached hydrogens (primary N) is 1. The van der Waals surface area contributed by atoms with Gasteiger partial charge in [0, 0.05) is 32.3 Å².